The van der Waals surface area contributed by atoms with Crippen LogP contribution in [0, 0.1) is 24.4 Å². The Hall–Kier alpha value is -3.07. The first-order valence-electron chi connectivity index (χ1n) is 10.2. The molecule has 0 saturated carbocycles. The van der Waals surface area contributed by atoms with Gasteiger partial charge in [-0.05, 0) is 50.6 Å². The molecule has 3 aromatic rings. The van der Waals surface area contributed by atoms with Crippen LogP contribution in [0.25, 0.3) is 5.69 Å². The van der Waals surface area contributed by atoms with Crippen molar-refractivity contribution in [1.82, 2.24) is 19.7 Å². The number of rotatable bonds is 5. The van der Waals surface area contributed by atoms with E-state index in [0.29, 0.717) is 11.7 Å². The molecule has 0 spiro atoms. The van der Waals surface area contributed by atoms with Crippen LogP contribution in [0.3, 0.4) is 0 Å². The van der Waals surface area contributed by atoms with Crippen molar-refractivity contribution in [2.45, 2.75) is 26.8 Å². The Labute approximate surface area is 179 Å². The molecule has 1 saturated heterocycles. The van der Waals surface area contributed by atoms with Crippen molar-refractivity contribution < 1.29 is 13.2 Å². The van der Waals surface area contributed by atoms with Gasteiger partial charge in [0.25, 0.3) is 0 Å². The third kappa shape index (κ3) is 4.66. The van der Waals surface area contributed by atoms with Crippen molar-refractivity contribution in [2.24, 2.45) is 0 Å². The molecular weight excluding hydrogens is 405 g/mol. The summed E-state index contributed by atoms with van der Waals surface area (Å²) in [6, 6.07) is 7.06. The Balaban J connectivity index is 1.55. The standard InChI is InChI=1S/C22H25F3N6/c1-14(2)29-4-6-30(7-5-29)20-9-15(3)8-19(21(20)25)27-22-26-13-31(28-22)18-11-16(23)10-17(24)12-18/h8-14H,4-7H2,1-3H3,(H,27,28). The first-order valence-corrected chi connectivity index (χ1v) is 10.2. The monoisotopic (exact) mass is 430 g/mol. The molecule has 9 heteroatoms. The maximum Gasteiger partial charge on any atom is 0.247 e. The highest BCUT2D eigenvalue weighted by Gasteiger charge is 2.23. The lowest BCUT2D eigenvalue weighted by atomic mass is 10.1. The molecular formula is C22H25F3N6. The second-order valence-corrected chi connectivity index (χ2v) is 8.03. The van der Waals surface area contributed by atoms with E-state index in [1.54, 1.807) is 6.07 Å². The van der Waals surface area contributed by atoms with Crippen molar-refractivity contribution in [3.63, 3.8) is 0 Å². The average Bonchev–Trinajstić information content (AvgIpc) is 3.18. The van der Waals surface area contributed by atoms with Gasteiger partial charge in [0.1, 0.15) is 18.0 Å². The van der Waals surface area contributed by atoms with Crippen LogP contribution in [0.1, 0.15) is 19.4 Å². The molecule has 1 aromatic heterocycles. The smallest absolute Gasteiger partial charge is 0.247 e. The van der Waals surface area contributed by atoms with Gasteiger partial charge in [-0.25, -0.2) is 17.9 Å². The molecule has 0 aliphatic carbocycles. The zero-order chi connectivity index (χ0) is 22.1. The highest BCUT2D eigenvalue weighted by Crippen LogP contribution is 2.30. The van der Waals surface area contributed by atoms with Crippen LogP contribution in [0.5, 0.6) is 0 Å². The van der Waals surface area contributed by atoms with Crippen LogP contribution in [-0.2, 0) is 0 Å². The van der Waals surface area contributed by atoms with Crippen molar-refractivity contribution in [2.75, 3.05) is 36.4 Å². The van der Waals surface area contributed by atoms with Crippen molar-refractivity contribution in [3.05, 3.63) is 59.7 Å². The van der Waals surface area contributed by atoms with Gasteiger partial charge in [0.05, 0.1) is 17.1 Å². The molecule has 31 heavy (non-hydrogen) atoms. The molecule has 1 N–H and O–H groups in total. The van der Waals surface area contributed by atoms with Crippen LogP contribution >= 0.6 is 0 Å². The first-order chi connectivity index (χ1) is 14.8. The largest absolute Gasteiger partial charge is 0.367 e. The molecule has 1 fully saturated rings. The number of benzene rings is 2. The van der Waals surface area contributed by atoms with Gasteiger partial charge in [0, 0.05) is 38.3 Å². The molecule has 4 rings (SSSR count). The third-order valence-electron chi connectivity index (χ3n) is 5.43. The molecule has 6 nitrogen and oxygen atoms in total. The molecule has 0 atom stereocenters. The van der Waals surface area contributed by atoms with Crippen LogP contribution in [-0.4, -0.2) is 51.9 Å². The zero-order valence-electron chi connectivity index (χ0n) is 17.7. The predicted octanol–water partition coefficient (Wildman–Crippen LogP) is 4.27. The lowest BCUT2D eigenvalue weighted by molar-refractivity contribution is 0.209. The van der Waals surface area contributed by atoms with Gasteiger partial charge in [-0.3, -0.25) is 4.90 Å². The van der Waals surface area contributed by atoms with E-state index in [1.165, 1.54) is 11.0 Å². The summed E-state index contributed by atoms with van der Waals surface area (Å²) in [6.07, 6.45) is 1.32. The zero-order valence-corrected chi connectivity index (χ0v) is 17.7. The van der Waals surface area contributed by atoms with Crippen molar-refractivity contribution in [1.29, 1.82) is 0 Å². The van der Waals surface area contributed by atoms with E-state index in [1.807, 2.05) is 17.9 Å². The Morgan fingerprint density at radius 3 is 2.26 bits per heavy atom. The number of nitrogens with one attached hydrogen (secondary N) is 1. The number of aromatic nitrogens is 3. The summed E-state index contributed by atoms with van der Waals surface area (Å²) < 4.78 is 43.5. The number of aryl methyl sites for hydroxylation is 1. The highest BCUT2D eigenvalue weighted by atomic mass is 19.1. The van der Waals surface area contributed by atoms with Gasteiger partial charge >= 0.3 is 0 Å². The molecule has 0 radical (unpaired) electrons. The van der Waals surface area contributed by atoms with Gasteiger partial charge in [0.15, 0.2) is 5.82 Å². The van der Waals surface area contributed by atoms with E-state index < -0.39 is 11.6 Å². The summed E-state index contributed by atoms with van der Waals surface area (Å²) in [5, 5.41) is 7.07. The number of piperazine rings is 1. The fourth-order valence-corrected chi connectivity index (χ4v) is 3.79. The Bertz CT molecular complexity index is 1050. The van der Waals surface area contributed by atoms with E-state index >= 15 is 4.39 Å². The normalized spacial score (nSPS) is 15.0. The fourth-order valence-electron chi connectivity index (χ4n) is 3.79. The molecule has 0 amide bonds. The van der Waals surface area contributed by atoms with Gasteiger partial charge in [-0.1, -0.05) is 0 Å². The topological polar surface area (TPSA) is 49.2 Å². The van der Waals surface area contributed by atoms with Gasteiger partial charge < -0.3 is 10.2 Å². The van der Waals surface area contributed by atoms with Crippen LogP contribution in [0.4, 0.5) is 30.5 Å². The lowest BCUT2D eigenvalue weighted by Gasteiger charge is -2.38. The molecule has 2 heterocycles. The number of hydrogen-bond acceptors (Lipinski definition) is 5. The summed E-state index contributed by atoms with van der Waals surface area (Å²) in [5.41, 5.74) is 1.88. The van der Waals surface area contributed by atoms with Crippen LogP contribution in [0.2, 0.25) is 0 Å². The molecule has 2 aromatic carbocycles. The third-order valence-corrected chi connectivity index (χ3v) is 5.43. The minimum Gasteiger partial charge on any atom is -0.367 e. The summed E-state index contributed by atoms with van der Waals surface area (Å²) >= 11 is 0. The maximum absolute atomic E-state index is 15.3. The number of hydrogen-bond donors (Lipinski definition) is 1. The Morgan fingerprint density at radius 2 is 1.61 bits per heavy atom. The molecule has 0 bridgehead atoms. The second-order valence-electron chi connectivity index (χ2n) is 8.03. The summed E-state index contributed by atoms with van der Waals surface area (Å²) in [6.45, 7) is 9.48. The Kier molecular flexibility index (Phi) is 5.86. The second kappa shape index (κ2) is 8.58. The number of halogens is 3. The molecule has 1 aliphatic rings. The van der Waals surface area contributed by atoms with Gasteiger partial charge in [-0.15, -0.1) is 5.10 Å². The average molecular weight is 430 g/mol. The first kappa shape index (κ1) is 21.2. The summed E-state index contributed by atoms with van der Waals surface area (Å²) in [5.74, 6) is -1.68. The van der Waals surface area contributed by atoms with E-state index in [2.05, 4.69) is 34.1 Å². The SMILES string of the molecule is Cc1cc(Nc2ncn(-c3cc(F)cc(F)c3)n2)c(F)c(N2CCN(C(C)C)CC2)c1. The van der Waals surface area contributed by atoms with Crippen LogP contribution in [0.15, 0.2) is 36.7 Å². The minimum absolute atomic E-state index is 0.129. The predicted molar refractivity (Wildman–Crippen MR) is 115 cm³/mol. The Morgan fingerprint density at radius 1 is 0.935 bits per heavy atom. The van der Waals surface area contributed by atoms with Gasteiger partial charge in [0.2, 0.25) is 5.95 Å². The lowest BCUT2D eigenvalue weighted by Crippen LogP contribution is -2.49. The fraction of sp³-hybridized carbons (Fsp3) is 0.364. The van der Waals surface area contributed by atoms with E-state index in [0.717, 1.165) is 49.9 Å². The molecule has 0 unspecified atom stereocenters. The van der Waals surface area contributed by atoms with Gasteiger partial charge in [-0.2, -0.15) is 4.98 Å². The van der Waals surface area contributed by atoms with E-state index in [9.17, 15) is 8.78 Å². The van der Waals surface area contributed by atoms with E-state index in [4.69, 9.17) is 0 Å². The van der Waals surface area contributed by atoms with E-state index in [-0.39, 0.29) is 23.1 Å². The molecule has 164 valence electrons. The number of anilines is 3. The minimum atomic E-state index is -0.716. The summed E-state index contributed by atoms with van der Waals surface area (Å²) in [7, 11) is 0. The highest BCUT2D eigenvalue weighted by molar-refractivity contribution is 5.65. The number of nitrogens with zero attached hydrogens (tertiary/aromatic N) is 5. The van der Waals surface area contributed by atoms with Crippen LogP contribution < -0.4 is 10.2 Å². The quantitative estimate of drug-likeness (QED) is 0.655. The maximum atomic E-state index is 15.3. The summed E-state index contributed by atoms with van der Waals surface area (Å²) in [4.78, 5) is 8.52. The van der Waals surface area contributed by atoms with Crippen molar-refractivity contribution >= 4 is 17.3 Å². The molecule has 1 aliphatic heterocycles. The van der Waals surface area contributed by atoms with Crippen molar-refractivity contribution in [3.8, 4) is 5.69 Å².